The molecular weight excluding hydrogens is 338 g/mol. The molecule has 1 aromatic carbocycles. The van der Waals surface area contributed by atoms with E-state index >= 15 is 0 Å². The lowest BCUT2D eigenvalue weighted by atomic mass is 10.1. The lowest BCUT2D eigenvalue weighted by Crippen LogP contribution is -2.51. The summed E-state index contributed by atoms with van der Waals surface area (Å²) >= 11 is 0. The first-order chi connectivity index (χ1) is 12.0. The molecule has 0 N–H and O–H groups in total. The molecule has 6 nitrogen and oxygen atoms in total. The molecule has 2 fully saturated rings. The third kappa shape index (κ3) is 4.15. The second-order valence-corrected chi connectivity index (χ2v) is 8.84. The molecule has 0 spiro atoms. The van der Waals surface area contributed by atoms with Gasteiger partial charge in [-0.25, -0.2) is 8.42 Å². The Kier molecular flexibility index (Phi) is 5.64. The Morgan fingerprint density at radius 3 is 2.12 bits per heavy atom. The Morgan fingerprint density at radius 2 is 1.56 bits per heavy atom. The number of hydrogen-bond acceptors (Lipinski definition) is 4. The van der Waals surface area contributed by atoms with Crippen molar-refractivity contribution in [3.05, 3.63) is 29.8 Å². The molecule has 138 valence electrons. The standard InChI is InChI=1S/C18H27N3O3S/c1-2-15-25(23,24)21-13-11-20(12-14-21)18(22)16-5-7-17(8-6-16)19-9-3-4-10-19/h5-8H,2-4,9-15H2,1H3. The minimum Gasteiger partial charge on any atom is -0.372 e. The van der Waals surface area contributed by atoms with Gasteiger partial charge in [0.15, 0.2) is 0 Å². The molecule has 2 heterocycles. The quantitative estimate of drug-likeness (QED) is 0.798. The van der Waals surface area contributed by atoms with Gasteiger partial charge in [0.05, 0.1) is 5.75 Å². The van der Waals surface area contributed by atoms with Gasteiger partial charge in [-0.2, -0.15) is 4.31 Å². The second kappa shape index (κ2) is 7.74. The third-order valence-electron chi connectivity index (χ3n) is 4.97. The molecule has 3 rings (SSSR count). The van der Waals surface area contributed by atoms with Crippen molar-refractivity contribution < 1.29 is 13.2 Å². The Balaban J connectivity index is 1.59. The summed E-state index contributed by atoms with van der Waals surface area (Å²) in [4.78, 5) is 16.8. The lowest BCUT2D eigenvalue weighted by Gasteiger charge is -2.34. The van der Waals surface area contributed by atoms with Crippen molar-refractivity contribution >= 4 is 21.6 Å². The topological polar surface area (TPSA) is 60.9 Å². The van der Waals surface area contributed by atoms with E-state index in [1.54, 1.807) is 4.90 Å². The van der Waals surface area contributed by atoms with Crippen LogP contribution < -0.4 is 4.90 Å². The number of carbonyl (C=O) groups is 1. The molecule has 0 unspecified atom stereocenters. The Morgan fingerprint density at radius 1 is 0.960 bits per heavy atom. The van der Waals surface area contributed by atoms with Crippen molar-refractivity contribution in [2.45, 2.75) is 26.2 Å². The average molecular weight is 365 g/mol. The molecule has 0 radical (unpaired) electrons. The maximum Gasteiger partial charge on any atom is 0.253 e. The van der Waals surface area contributed by atoms with Crippen LogP contribution in [0.25, 0.3) is 0 Å². The smallest absolute Gasteiger partial charge is 0.253 e. The summed E-state index contributed by atoms with van der Waals surface area (Å²) in [7, 11) is -3.17. The number of sulfonamides is 1. The summed E-state index contributed by atoms with van der Waals surface area (Å²) in [6.45, 7) is 5.72. The summed E-state index contributed by atoms with van der Waals surface area (Å²) in [6, 6.07) is 7.80. The number of anilines is 1. The molecule has 0 atom stereocenters. The van der Waals surface area contributed by atoms with Gasteiger partial charge in [0.2, 0.25) is 10.0 Å². The number of amides is 1. The molecule has 0 aromatic heterocycles. The van der Waals surface area contributed by atoms with E-state index in [-0.39, 0.29) is 11.7 Å². The fourth-order valence-corrected chi connectivity index (χ4v) is 5.02. The van der Waals surface area contributed by atoms with Crippen LogP contribution in [0.2, 0.25) is 0 Å². The van der Waals surface area contributed by atoms with Gasteiger partial charge in [0.25, 0.3) is 5.91 Å². The van der Waals surface area contributed by atoms with Gasteiger partial charge in [0.1, 0.15) is 0 Å². The van der Waals surface area contributed by atoms with E-state index in [4.69, 9.17) is 0 Å². The zero-order valence-corrected chi connectivity index (χ0v) is 15.7. The number of nitrogens with zero attached hydrogens (tertiary/aromatic N) is 3. The first-order valence-corrected chi connectivity index (χ1v) is 10.7. The minimum absolute atomic E-state index is 0.0134. The van der Waals surface area contributed by atoms with Crippen LogP contribution in [0, 0.1) is 0 Å². The van der Waals surface area contributed by atoms with Crippen molar-refractivity contribution in [3.63, 3.8) is 0 Å². The largest absolute Gasteiger partial charge is 0.372 e. The molecule has 0 saturated carbocycles. The van der Waals surface area contributed by atoms with Crippen LogP contribution >= 0.6 is 0 Å². The van der Waals surface area contributed by atoms with Gasteiger partial charge in [-0.05, 0) is 43.5 Å². The number of piperazine rings is 1. The van der Waals surface area contributed by atoms with Crippen molar-refractivity contribution in [3.8, 4) is 0 Å². The van der Waals surface area contributed by atoms with Crippen molar-refractivity contribution in [1.82, 2.24) is 9.21 Å². The molecule has 2 aliphatic heterocycles. The van der Waals surface area contributed by atoms with E-state index in [2.05, 4.69) is 4.90 Å². The fourth-order valence-electron chi connectivity index (χ4n) is 3.53. The normalized spacial score (nSPS) is 19.4. The summed E-state index contributed by atoms with van der Waals surface area (Å²) in [6.07, 6.45) is 3.07. The van der Waals surface area contributed by atoms with E-state index < -0.39 is 10.0 Å². The van der Waals surface area contributed by atoms with Gasteiger partial charge >= 0.3 is 0 Å². The highest BCUT2D eigenvalue weighted by atomic mass is 32.2. The van der Waals surface area contributed by atoms with Crippen molar-refractivity contribution in [2.24, 2.45) is 0 Å². The van der Waals surface area contributed by atoms with E-state index in [9.17, 15) is 13.2 Å². The number of carbonyl (C=O) groups excluding carboxylic acids is 1. The highest BCUT2D eigenvalue weighted by molar-refractivity contribution is 7.89. The average Bonchev–Trinajstić information content (AvgIpc) is 3.16. The van der Waals surface area contributed by atoms with Gasteiger partial charge in [-0.15, -0.1) is 0 Å². The zero-order chi connectivity index (χ0) is 17.9. The summed E-state index contributed by atoms with van der Waals surface area (Å²) in [5.41, 5.74) is 1.84. The molecule has 2 saturated heterocycles. The highest BCUT2D eigenvalue weighted by Gasteiger charge is 2.28. The summed E-state index contributed by atoms with van der Waals surface area (Å²) in [5, 5.41) is 0. The van der Waals surface area contributed by atoms with Crippen LogP contribution in [0.4, 0.5) is 5.69 Å². The van der Waals surface area contributed by atoms with Gasteiger partial charge < -0.3 is 9.80 Å². The predicted octanol–water partition coefficient (Wildman–Crippen LogP) is 1.78. The van der Waals surface area contributed by atoms with Crippen LogP contribution in [-0.4, -0.2) is 68.6 Å². The van der Waals surface area contributed by atoms with Crippen LogP contribution in [0.1, 0.15) is 36.5 Å². The van der Waals surface area contributed by atoms with Crippen LogP contribution in [0.3, 0.4) is 0 Å². The molecule has 2 aliphatic rings. The van der Waals surface area contributed by atoms with E-state index in [0.717, 1.165) is 13.1 Å². The zero-order valence-electron chi connectivity index (χ0n) is 14.9. The molecule has 1 aromatic rings. The molecule has 1 amide bonds. The maximum atomic E-state index is 12.7. The fraction of sp³-hybridized carbons (Fsp3) is 0.611. The molecular formula is C18H27N3O3S. The molecule has 0 bridgehead atoms. The highest BCUT2D eigenvalue weighted by Crippen LogP contribution is 2.21. The number of rotatable bonds is 5. The first kappa shape index (κ1) is 18.2. The van der Waals surface area contributed by atoms with E-state index in [1.807, 2.05) is 31.2 Å². The van der Waals surface area contributed by atoms with Crippen molar-refractivity contribution in [2.75, 3.05) is 49.9 Å². The Hall–Kier alpha value is -1.60. The van der Waals surface area contributed by atoms with E-state index in [0.29, 0.717) is 38.2 Å². The lowest BCUT2D eigenvalue weighted by molar-refractivity contribution is 0.0698. The monoisotopic (exact) mass is 365 g/mol. The molecule has 7 heteroatoms. The minimum atomic E-state index is -3.17. The Labute approximate surface area is 150 Å². The Bertz CT molecular complexity index is 689. The SMILES string of the molecule is CCCS(=O)(=O)N1CCN(C(=O)c2ccc(N3CCCC3)cc2)CC1. The summed E-state index contributed by atoms with van der Waals surface area (Å²) < 4.78 is 25.7. The van der Waals surface area contributed by atoms with Crippen LogP contribution in [0.15, 0.2) is 24.3 Å². The third-order valence-corrected chi connectivity index (χ3v) is 7.04. The molecule has 0 aliphatic carbocycles. The van der Waals surface area contributed by atoms with Gasteiger partial charge in [-0.3, -0.25) is 4.79 Å². The maximum absolute atomic E-state index is 12.7. The number of hydrogen-bond donors (Lipinski definition) is 0. The van der Waals surface area contributed by atoms with Crippen molar-refractivity contribution in [1.29, 1.82) is 0 Å². The van der Waals surface area contributed by atoms with Crippen LogP contribution in [0.5, 0.6) is 0 Å². The van der Waals surface area contributed by atoms with Gasteiger partial charge in [0, 0.05) is 50.5 Å². The van der Waals surface area contributed by atoms with E-state index in [1.165, 1.54) is 22.8 Å². The van der Waals surface area contributed by atoms with Crippen LogP contribution in [-0.2, 0) is 10.0 Å². The molecule has 25 heavy (non-hydrogen) atoms. The second-order valence-electron chi connectivity index (χ2n) is 6.75. The number of benzene rings is 1. The first-order valence-electron chi connectivity index (χ1n) is 9.13. The van der Waals surface area contributed by atoms with Gasteiger partial charge in [-0.1, -0.05) is 6.92 Å². The summed E-state index contributed by atoms with van der Waals surface area (Å²) in [5.74, 6) is 0.166. The predicted molar refractivity (Wildman–Crippen MR) is 99.4 cm³/mol.